The first kappa shape index (κ1) is 17.2. The molecule has 0 aliphatic heterocycles. The molecule has 0 aliphatic carbocycles. The number of benzene rings is 2. The molecule has 1 amide bonds. The Hall–Kier alpha value is -3.25. The minimum Gasteiger partial charge on any atom is -0.333 e. The molecule has 6 heteroatoms. The summed E-state index contributed by atoms with van der Waals surface area (Å²) in [5.74, 6) is 0.654. The predicted octanol–water partition coefficient (Wildman–Crippen LogP) is 4.77. The molecule has 0 radical (unpaired) electrons. The van der Waals surface area contributed by atoms with Crippen molar-refractivity contribution >= 4 is 22.4 Å². The van der Waals surface area contributed by atoms with E-state index in [0.717, 1.165) is 27.5 Å². The number of imidazole rings is 1. The zero-order chi connectivity index (χ0) is 18.8. The van der Waals surface area contributed by atoms with E-state index < -0.39 is 0 Å². The molecule has 134 valence electrons. The molecule has 2 aromatic heterocycles. The van der Waals surface area contributed by atoms with Gasteiger partial charge in [-0.05, 0) is 19.1 Å². The van der Waals surface area contributed by atoms with Crippen LogP contribution in [0.2, 0.25) is 0 Å². The highest BCUT2D eigenvalue weighted by atomic mass is 32.1. The lowest BCUT2D eigenvalue weighted by Crippen LogP contribution is -2.11. The third-order valence-electron chi connectivity index (χ3n) is 4.20. The fourth-order valence-corrected chi connectivity index (χ4v) is 3.88. The maximum Gasteiger partial charge on any atom is 0.257 e. The average molecular weight is 374 g/mol. The molecule has 2 heterocycles. The molecule has 0 saturated heterocycles. The van der Waals surface area contributed by atoms with E-state index >= 15 is 0 Å². The summed E-state index contributed by atoms with van der Waals surface area (Å²) in [5, 5.41) is 3.48. The normalized spacial score (nSPS) is 10.7. The lowest BCUT2D eigenvalue weighted by molar-refractivity contribution is 0.102. The van der Waals surface area contributed by atoms with E-state index in [2.05, 4.69) is 10.3 Å². The molecule has 5 nitrogen and oxygen atoms in total. The van der Waals surface area contributed by atoms with Crippen LogP contribution in [0.4, 0.5) is 5.13 Å². The van der Waals surface area contributed by atoms with Crippen molar-refractivity contribution in [3.63, 3.8) is 0 Å². The van der Waals surface area contributed by atoms with Crippen LogP contribution in [0.1, 0.15) is 15.9 Å². The number of nitrogens with one attached hydrogen (secondary N) is 1. The smallest absolute Gasteiger partial charge is 0.257 e. The predicted molar refractivity (Wildman–Crippen MR) is 109 cm³/mol. The molecule has 4 aromatic rings. The molecule has 0 unspecified atom stereocenters. The molecule has 0 aliphatic rings. The van der Waals surface area contributed by atoms with Gasteiger partial charge in [-0.3, -0.25) is 10.1 Å². The molecule has 2 aromatic carbocycles. The van der Waals surface area contributed by atoms with Crippen LogP contribution < -0.4 is 5.32 Å². The Labute approximate surface area is 161 Å². The van der Waals surface area contributed by atoms with Crippen molar-refractivity contribution < 1.29 is 4.79 Å². The Kier molecular flexibility index (Phi) is 4.56. The van der Waals surface area contributed by atoms with Gasteiger partial charge in [0, 0.05) is 30.6 Å². The monoisotopic (exact) mass is 374 g/mol. The van der Waals surface area contributed by atoms with E-state index in [0.29, 0.717) is 10.7 Å². The van der Waals surface area contributed by atoms with Crippen LogP contribution in [0.25, 0.3) is 22.0 Å². The van der Waals surface area contributed by atoms with Gasteiger partial charge in [-0.15, -0.1) is 0 Å². The first-order valence-corrected chi connectivity index (χ1v) is 9.35. The van der Waals surface area contributed by atoms with E-state index in [1.807, 2.05) is 73.3 Å². The largest absolute Gasteiger partial charge is 0.333 e. The maximum atomic E-state index is 12.6. The topological polar surface area (TPSA) is 59.8 Å². The summed E-state index contributed by atoms with van der Waals surface area (Å²) < 4.78 is 1.95. The van der Waals surface area contributed by atoms with E-state index in [1.54, 1.807) is 12.3 Å². The molecule has 0 bridgehead atoms. The number of hydrogen-bond donors (Lipinski definition) is 1. The summed E-state index contributed by atoms with van der Waals surface area (Å²) in [6.07, 6.45) is 3.66. The molecular formula is C21H18N4OS. The molecule has 1 N–H and O–H groups in total. The van der Waals surface area contributed by atoms with Crippen LogP contribution in [0.5, 0.6) is 0 Å². The van der Waals surface area contributed by atoms with Gasteiger partial charge in [0.2, 0.25) is 0 Å². The van der Waals surface area contributed by atoms with Gasteiger partial charge in [0.1, 0.15) is 0 Å². The van der Waals surface area contributed by atoms with Gasteiger partial charge in [-0.25, -0.2) is 9.97 Å². The van der Waals surface area contributed by atoms with Crippen molar-refractivity contribution in [2.45, 2.75) is 6.92 Å². The quantitative estimate of drug-likeness (QED) is 0.560. The number of amides is 1. The van der Waals surface area contributed by atoms with Crippen molar-refractivity contribution in [3.05, 3.63) is 78.1 Å². The lowest BCUT2D eigenvalue weighted by atomic mass is 10.1. The third kappa shape index (κ3) is 3.52. The standard InChI is InChI=1S/C21H18N4OS/c1-14-7-6-10-16(13-14)20(26)24-21-23-17(15-8-4-3-5-9-15)18(27-21)19-22-11-12-25(19)2/h3-13H,1-2H3,(H,23,24,26). The number of rotatable bonds is 4. The van der Waals surface area contributed by atoms with Crippen molar-refractivity contribution in [2.75, 3.05) is 5.32 Å². The summed E-state index contributed by atoms with van der Waals surface area (Å²) in [6.45, 7) is 1.97. The van der Waals surface area contributed by atoms with Gasteiger partial charge in [-0.2, -0.15) is 0 Å². The lowest BCUT2D eigenvalue weighted by Gasteiger charge is -2.02. The molecule has 0 fully saturated rings. The number of aromatic nitrogens is 3. The van der Waals surface area contributed by atoms with Gasteiger partial charge in [0.25, 0.3) is 5.91 Å². The second-order valence-electron chi connectivity index (χ2n) is 6.25. The minimum absolute atomic E-state index is 0.168. The van der Waals surface area contributed by atoms with Crippen LogP contribution in [-0.2, 0) is 7.05 Å². The molecule has 0 atom stereocenters. The van der Waals surface area contributed by atoms with E-state index in [9.17, 15) is 4.79 Å². The summed E-state index contributed by atoms with van der Waals surface area (Å²) in [6, 6.07) is 17.4. The van der Waals surface area contributed by atoms with Gasteiger partial charge in [0.05, 0.1) is 10.6 Å². The van der Waals surface area contributed by atoms with Gasteiger partial charge in [0.15, 0.2) is 11.0 Å². The van der Waals surface area contributed by atoms with Crippen LogP contribution in [0.3, 0.4) is 0 Å². The van der Waals surface area contributed by atoms with Crippen LogP contribution >= 0.6 is 11.3 Å². The fraction of sp³-hybridized carbons (Fsp3) is 0.0952. The number of aryl methyl sites for hydroxylation is 2. The van der Waals surface area contributed by atoms with Gasteiger partial charge in [-0.1, -0.05) is 59.4 Å². The Morgan fingerprint density at radius 2 is 1.93 bits per heavy atom. The summed E-state index contributed by atoms with van der Waals surface area (Å²) >= 11 is 1.43. The minimum atomic E-state index is -0.168. The molecule has 0 saturated carbocycles. The van der Waals surface area contributed by atoms with E-state index in [1.165, 1.54) is 11.3 Å². The Balaban J connectivity index is 1.73. The third-order valence-corrected chi connectivity index (χ3v) is 5.17. The second-order valence-corrected chi connectivity index (χ2v) is 7.25. The fourth-order valence-electron chi connectivity index (χ4n) is 2.86. The summed E-state index contributed by atoms with van der Waals surface area (Å²) in [5.41, 5.74) is 3.46. The second kappa shape index (κ2) is 7.17. The zero-order valence-electron chi connectivity index (χ0n) is 15.0. The maximum absolute atomic E-state index is 12.6. The van der Waals surface area contributed by atoms with E-state index in [-0.39, 0.29) is 5.91 Å². The first-order valence-electron chi connectivity index (χ1n) is 8.54. The van der Waals surface area contributed by atoms with Crippen molar-refractivity contribution in [1.29, 1.82) is 0 Å². The molecular weight excluding hydrogens is 356 g/mol. The van der Waals surface area contributed by atoms with Gasteiger partial charge < -0.3 is 4.57 Å². The number of hydrogen-bond acceptors (Lipinski definition) is 4. The number of carbonyl (C=O) groups is 1. The number of thiazole rings is 1. The zero-order valence-corrected chi connectivity index (χ0v) is 15.8. The highest BCUT2D eigenvalue weighted by molar-refractivity contribution is 7.19. The van der Waals surface area contributed by atoms with Crippen molar-refractivity contribution in [2.24, 2.45) is 7.05 Å². The molecule has 4 rings (SSSR count). The SMILES string of the molecule is Cc1cccc(C(=O)Nc2nc(-c3ccccc3)c(-c3nccn3C)s2)c1. The number of nitrogens with zero attached hydrogens (tertiary/aromatic N) is 3. The average Bonchev–Trinajstić information content (AvgIpc) is 3.28. The summed E-state index contributed by atoms with van der Waals surface area (Å²) in [4.78, 5) is 22.7. The number of anilines is 1. The summed E-state index contributed by atoms with van der Waals surface area (Å²) in [7, 11) is 1.95. The van der Waals surface area contributed by atoms with Crippen LogP contribution in [0, 0.1) is 6.92 Å². The van der Waals surface area contributed by atoms with E-state index in [4.69, 9.17) is 4.98 Å². The molecule has 27 heavy (non-hydrogen) atoms. The highest BCUT2D eigenvalue weighted by Gasteiger charge is 2.19. The van der Waals surface area contributed by atoms with Crippen LogP contribution in [-0.4, -0.2) is 20.4 Å². The highest BCUT2D eigenvalue weighted by Crippen LogP contribution is 2.38. The Bertz CT molecular complexity index is 1100. The number of carbonyl (C=O) groups excluding carboxylic acids is 1. The Morgan fingerprint density at radius 1 is 1.11 bits per heavy atom. The molecule has 0 spiro atoms. The Morgan fingerprint density at radius 3 is 2.63 bits per heavy atom. The van der Waals surface area contributed by atoms with Crippen LogP contribution in [0.15, 0.2) is 67.0 Å². The van der Waals surface area contributed by atoms with Crippen molar-refractivity contribution in [3.8, 4) is 22.0 Å². The first-order chi connectivity index (χ1) is 13.1. The van der Waals surface area contributed by atoms with Crippen molar-refractivity contribution in [1.82, 2.24) is 14.5 Å². The van der Waals surface area contributed by atoms with Gasteiger partial charge >= 0.3 is 0 Å².